The number of amides is 1. The van der Waals surface area contributed by atoms with E-state index in [1.54, 1.807) is 18.2 Å². The van der Waals surface area contributed by atoms with Crippen molar-refractivity contribution in [3.63, 3.8) is 0 Å². The van der Waals surface area contributed by atoms with Gasteiger partial charge in [-0.05, 0) is 12.1 Å². The minimum atomic E-state index is -0.719. The van der Waals surface area contributed by atoms with Crippen LogP contribution in [0.25, 0.3) is 0 Å². The van der Waals surface area contributed by atoms with Gasteiger partial charge in [0.2, 0.25) is 5.91 Å². The Hall–Kier alpha value is -1.70. The number of anilines is 2. The van der Waals surface area contributed by atoms with Gasteiger partial charge in [-0.25, -0.2) is 0 Å². The summed E-state index contributed by atoms with van der Waals surface area (Å²) in [6.07, 6.45) is 5.32. The number of terminal acetylenes is 1. The molecule has 1 amide bonds. The molecule has 0 fully saturated rings. The predicted octanol–water partition coefficient (Wildman–Crippen LogP) is 1.70. The Morgan fingerprint density at radius 3 is 2.83 bits per heavy atom. The molecule has 4 nitrogen and oxygen atoms in total. The molecule has 0 aliphatic carbocycles. The van der Waals surface area contributed by atoms with Gasteiger partial charge in [0.05, 0.1) is 22.4 Å². The van der Waals surface area contributed by atoms with Gasteiger partial charge in [0.15, 0.2) is 0 Å². The second kappa shape index (κ2) is 6.29. The summed E-state index contributed by atoms with van der Waals surface area (Å²) in [6.45, 7) is 0. The van der Waals surface area contributed by atoms with E-state index in [2.05, 4.69) is 11.2 Å². The van der Waals surface area contributed by atoms with Crippen molar-refractivity contribution in [2.75, 3.05) is 24.3 Å². The monoisotopic (exact) mass is 265 g/mol. The summed E-state index contributed by atoms with van der Waals surface area (Å²) in [5.41, 5.74) is 6.99. The predicted molar refractivity (Wildman–Crippen MR) is 75.8 cm³/mol. The molecule has 0 radical (unpaired) electrons. The topological polar surface area (TPSA) is 58.4 Å². The normalized spacial score (nSPS) is 11.5. The molecule has 5 heteroatoms. The summed E-state index contributed by atoms with van der Waals surface area (Å²) in [5.74, 6) is 2.04. The second-order valence-corrected chi connectivity index (χ2v) is 4.44. The summed E-state index contributed by atoms with van der Waals surface area (Å²) in [4.78, 5) is 13.6. The van der Waals surface area contributed by atoms with Crippen LogP contribution in [0, 0.1) is 12.3 Å². The minimum absolute atomic E-state index is 0.198. The van der Waals surface area contributed by atoms with E-state index in [4.69, 9.17) is 23.8 Å². The SMILES string of the molecule is C#CCC(N)C(=O)Nc1cccc(Cl)c1N(C)C. The smallest absolute Gasteiger partial charge is 0.242 e. The summed E-state index contributed by atoms with van der Waals surface area (Å²) in [5, 5.41) is 3.29. The molecule has 0 aliphatic rings. The third-order valence-corrected chi connectivity index (χ3v) is 2.67. The number of carbonyl (C=O) groups is 1. The zero-order chi connectivity index (χ0) is 13.7. The molecule has 0 aliphatic heterocycles. The fourth-order valence-corrected chi connectivity index (χ4v) is 1.86. The van der Waals surface area contributed by atoms with Gasteiger partial charge in [-0.3, -0.25) is 4.79 Å². The van der Waals surface area contributed by atoms with Gasteiger partial charge in [0.1, 0.15) is 0 Å². The van der Waals surface area contributed by atoms with E-state index in [0.29, 0.717) is 10.7 Å². The average molecular weight is 266 g/mol. The Balaban J connectivity index is 2.95. The first kappa shape index (κ1) is 14.4. The van der Waals surface area contributed by atoms with Crippen LogP contribution in [-0.4, -0.2) is 26.0 Å². The van der Waals surface area contributed by atoms with Crippen LogP contribution in [0.2, 0.25) is 5.02 Å². The summed E-state index contributed by atoms with van der Waals surface area (Å²) >= 11 is 6.09. The van der Waals surface area contributed by atoms with Crippen molar-refractivity contribution in [1.29, 1.82) is 0 Å². The first-order chi connectivity index (χ1) is 8.47. The average Bonchev–Trinajstić information content (AvgIpc) is 2.28. The number of para-hydroxylation sites is 1. The number of hydrogen-bond acceptors (Lipinski definition) is 3. The highest BCUT2D eigenvalue weighted by Crippen LogP contribution is 2.32. The minimum Gasteiger partial charge on any atom is -0.375 e. The van der Waals surface area contributed by atoms with E-state index in [1.165, 1.54) is 0 Å². The first-order valence-electron chi connectivity index (χ1n) is 5.43. The lowest BCUT2D eigenvalue weighted by Crippen LogP contribution is -2.35. The van der Waals surface area contributed by atoms with Crippen LogP contribution in [0.1, 0.15) is 6.42 Å². The van der Waals surface area contributed by atoms with Crippen LogP contribution in [0.15, 0.2) is 18.2 Å². The highest BCUT2D eigenvalue weighted by molar-refractivity contribution is 6.34. The first-order valence-corrected chi connectivity index (χ1v) is 5.81. The molecule has 1 aromatic rings. The summed E-state index contributed by atoms with van der Waals surface area (Å²) < 4.78 is 0. The molecular weight excluding hydrogens is 250 g/mol. The van der Waals surface area contributed by atoms with Gasteiger partial charge in [-0.2, -0.15) is 0 Å². The number of halogens is 1. The van der Waals surface area contributed by atoms with Crippen molar-refractivity contribution in [3.8, 4) is 12.3 Å². The standard InChI is InChI=1S/C13H16ClN3O/c1-4-6-10(15)13(18)16-11-8-5-7-9(14)12(11)17(2)3/h1,5,7-8,10H,6,15H2,2-3H3,(H,16,18). The lowest BCUT2D eigenvalue weighted by molar-refractivity contribution is -0.117. The van der Waals surface area contributed by atoms with E-state index in [9.17, 15) is 4.79 Å². The van der Waals surface area contributed by atoms with E-state index in [-0.39, 0.29) is 12.3 Å². The number of nitrogens with zero attached hydrogens (tertiary/aromatic N) is 1. The molecule has 1 atom stereocenters. The molecule has 0 saturated heterocycles. The summed E-state index contributed by atoms with van der Waals surface area (Å²) in [7, 11) is 3.69. The fourth-order valence-electron chi connectivity index (χ4n) is 1.52. The maximum absolute atomic E-state index is 11.8. The van der Waals surface area contributed by atoms with E-state index in [1.807, 2.05) is 19.0 Å². The van der Waals surface area contributed by atoms with Gasteiger partial charge in [-0.15, -0.1) is 12.3 Å². The van der Waals surface area contributed by atoms with Gasteiger partial charge in [-0.1, -0.05) is 17.7 Å². The number of nitrogens with two attached hydrogens (primary N) is 1. The Bertz CT molecular complexity index is 480. The number of nitrogens with one attached hydrogen (secondary N) is 1. The second-order valence-electron chi connectivity index (χ2n) is 4.03. The maximum Gasteiger partial charge on any atom is 0.242 e. The van der Waals surface area contributed by atoms with Crippen molar-refractivity contribution in [3.05, 3.63) is 23.2 Å². The van der Waals surface area contributed by atoms with Crippen LogP contribution in [0.4, 0.5) is 11.4 Å². The summed E-state index contributed by atoms with van der Waals surface area (Å²) in [6, 6.07) is 4.57. The molecular formula is C13H16ClN3O. The Labute approximate surface area is 112 Å². The van der Waals surface area contributed by atoms with Crippen LogP contribution in [-0.2, 0) is 4.79 Å². The Morgan fingerprint density at radius 1 is 1.61 bits per heavy atom. The van der Waals surface area contributed by atoms with Crippen LogP contribution in [0.3, 0.4) is 0 Å². The van der Waals surface area contributed by atoms with E-state index < -0.39 is 6.04 Å². The number of benzene rings is 1. The van der Waals surface area contributed by atoms with Gasteiger partial charge >= 0.3 is 0 Å². The Kier molecular flexibility index (Phi) is 5.02. The molecule has 0 spiro atoms. The molecule has 0 heterocycles. The molecule has 1 rings (SSSR count). The third kappa shape index (κ3) is 3.39. The number of hydrogen-bond donors (Lipinski definition) is 2. The lowest BCUT2D eigenvalue weighted by atomic mass is 10.2. The molecule has 96 valence electrons. The van der Waals surface area contributed by atoms with Crippen LogP contribution < -0.4 is 16.0 Å². The molecule has 18 heavy (non-hydrogen) atoms. The number of rotatable bonds is 4. The van der Waals surface area contributed by atoms with E-state index >= 15 is 0 Å². The van der Waals surface area contributed by atoms with Crippen LogP contribution in [0.5, 0.6) is 0 Å². The molecule has 1 unspecified atom stereocenters. The molecule has 0 saturated carbocycles. The van der Waals surface area contributed by atoms with Crippen molar-refractivity contribution in [1.82, 2.24) is 0 Å². The molecule has 0 bridgehead atoms. The van der Waals surface area contributed by atoms with Crippen molar-refractivity contribution < 1.29 is 4.79 Å². The maximum atomic E-state index is 11.8. The van der Waals surface area contributed by atoms with Gasteiger partial charge in [0, 0.05) is 20.5 Å². The molecule has 3 N–H and O–H groups in total. The van der Waals surface area contributed by atoms with Crippen molar-refractivity contribution in [2.24, 2.45) is 5.73 Å². The van der Waals surface area contributed by atoms with Crippen molar-refractivity contribution >= 4 is 28.9 Å². The van der Waals surface area contributed by atoms with Crippen LogP contribution >= 0.6 is 11.6 Å². The fraction of sp³-hybridized carbons (Fsp3) is 0.308. The molecule has 0 aromatic heterocycles. The quantitative estimate of drug-likeness (QED) is 0.815. The van der Waals surface area contributed by atoms with Gasteiger partial charge in [0.25, 0.3) is 0 Å². The third-order valence-electron chi connectivity index (χ3n) is 2.37. The molecule has 1 aromatic carbocycles. The largest absolute Gasteiger partial charge is 0.375 e. The van der Waals surface area contributed by atoms with Crippen molar-refractivity contribution in [2.45, 2.75) is 12.5 Å². The Morgan fingerprint density at radius 2 is 2.28 bits per heavy atom. The highest BCUT2D eigenvalue weighted by Gasteiger charge is 2.16. The number of carbonyl (C=O) groups excluding carboxylic acids is 1. The zero-order valence-electron chi connectivity index (χ0n) is 10.4. The lowest BCUT2D eigenvalue weighted by Gasteiger charge is -2.20. The van der Waals surface area contributed by atoms with E-state index in [0.717, 1.165) is 5.69 Å². The van der Waals surface area contributed by atoms with Gasteiger partial charge < -0.3 is 16.0 Å². The zero-order valence-corrected chi connectivity index (χ0v) is 11.2. The highest BCUT2D eigenvalue weighted by atomic mass is 35.5.